The molecule has 0 saturated heterocycles. The standard InChI is InChI=1S/C24H22N2O/c1-18-24(10-5-15-25-18)26-16-19-11-13-22(14-12-19)27-17-21-8-4-7-20-6-2-3-9-23(20)21/h2-15,26H,16-17H2,1H3. The van der Waals surface area contributed by atoms with Crippen molar-refractivity contribution in [2.45, 2.75) is 20.1 Å². The van der Waals surface area contributed by atoms with Crippen molar-refractivity contribution < 1.29 is 4.74 Å². The number of anilines is 1. The molecule has 0 aliphatic rings. The van der Waals surface area contributed by atoms with Gasteiger partial charge in [0, 0.05) is 12.7 Å². The molecule has 0 bridgehead atoms. The van der Waals surface area contributed by atoms with Crippen molar-refractivity contribution in [3.63, 3.8) is 0 Å². The third kappa shape index (κ3) is 4.09. The maximum Gasteiger partial charge on any atom is 0.119 e. The number of nitrogens with zero attached hydrogens (tertiary/aromatic N) is 1. The Hall–Kier alpha value is -3.33. The monoisotopic (exact) mass is 354 g/mol. The maximum atomic E-state index is 6.01. The zero-order valence-electron chi connectivity index (χ0n) is 15.4. The van der Waals surface area contributed by atoms with E-state index in [4.69, 9.17) is 4.74 Å². The molecule has 0 aliphatic carbocycles. The molecule has 3 heteroatoms. The van der Waals surface area contributed by atoms with Gasteiger partial charge in [-0.15, -0.1) is 0 Å². The minimum Gasteiger partial charge on any atom is -0.489 e. The van der Waals surface area contributed by atoms with Crippen molar-refractivity contribution >= 4 is 16.5 Å². The van der Waals surface area contributed by atoms with Crippen LogP contribution < -0.4 is 10.1 Å². The third-order valence-electron chi connectivity index (χ3n) is 4.69. The number of ether oxygens (including phenoxy) is 1. The molecule has 4 aromatic rings. The Labute approximate surface area is 159 Å². The van der Waals surface area contributed by atoms with Gasteiger partial charge in [0.15, 0.2) is 0 Å². The van der Waals surface area contributed by atoms with Gasteiger partial charge in [-0.05, 0) is 53.1 Å². The van der Waals surface area contributed by atoms with Crippen LogP contribution in [0.3, 0.4) is 0 Å². The maximum absolute atomic E-state index is 6.01. The SMILES string of the molecule is Cc1ncccc1NCc1ccc(OCc2cccc3ccccc23)cc1. The molecule has 3 nitrogen and oxygen atoms in total. The van der Waals surface area contributed by atoms with E-state index in [-0.39, 0.29) is 0 Å². The van der Waals surface area contributed by atoms with Gasteiger partial charge in [0.05, 0.1) is 11.4 Å². The molecule has 0 radical (unpaired) electrons. The zero-order chi connectivity index (χ0) is 18.5. The summed E-state index contributed by atoms with van der Waals surface area (Å²) < 4.78 is 6.01. The molecule has 1 heterocycles. The molecular formula is C24H22N2O. The highest BCUT2D eigenvalue weighted by molar-refractivity contribution is 5.85. The van der Waals surface area contributed by atoms with Gasteiger partial charge in [0.1, 0.15) is 12.4 Å². The molecule has 0 saturated carbocycles. The lowest BCUT2D eigenvalue weighted by Gasteiger charge is -2.11. The lowest BCUT2D eigenvalue weighted by molar-refractivity contribution is 0.307. The number of hydrogen-bond acceptors (Lipinski definition) is 3. The predicted octanol–water partition coefficient (Wildman–Crippen LogP) is 5.73. The van der Waals surface area contributed by atoms with Crippen molar-refractivity contribution in [3.05, 3.63) is 102 Å². The summed E-state index contributed by atoms with van der Waals surface area (Å²) >= 11 is 0. The van der Waals surface area contributed by atoms with Crippen LogP contribution in [0.1, 0.15) is 16.8 Å². The van der Waals surface area contributed by atoms with Gasteiger partial charge in [-0.25, -0.2) is 0 Å². The number of fused-ring (bicyclic) bond motifs is 1. The molecule has 0 spiro atoms. The molecule has 0 unspecified atom stereocenters. The summed E-state index contributed by atoms with van der Waals surface area (Å²) in [6, 6.07) is 27.0. The summed E-state index contributed by atoms with van der Waals surface area (Å²) in [6.45, 7) is 3.33. The Balaban J connectivity index is 1.38. The Morgan fingerprint density at radius 2 is 1.67 bits per heavy atom. The number of rotatable bonds is 6. The number of hydrogen-bond donors (Lipinski definition) is 1. The Kier molecular flexibility index (Phi) is 5.01. The van der Waals surface area contributed by atoms with Crippen molar-refractivity contribution in [3.8, 4) is 5.75 Å². The first kappa shape index (κ1) is 17.1. The number of aromatic nitrogens is 1. The van der Waals surface area contributed by atoms with Crippen LogP contribution in [0.15, 0.2) is 85.1 Å². The molecule has 134 valence electrons. The van der Waals surface area contributed by atoms with Crippen molar-refractivity contribution in [2.75, 3.05) is 5.32 Å². The van der Waals surface area contributed by atoms with Crippen LogP contribution in [-0.2, 0) is 13.2 Å². The molecule has 3 aromatic carbocycles. The van der Waals surface area contributed by atoms with Gasteiger partial charge < -0.3 is 10.1 Å². The van der Waals surface area contributed by atoms with Gasteiger partial charge in [-0.2, -0.15) is 0 Å². The van der Waals surface area contributed by atoms with E-state index >= 15 is 0 Å². The fourth-order valence-electron chi connectivity index (χ4n) is 3.15. The summed E-state index contributed by atoms with van der Waals surface area (Å²) in [5.41, 5.74) is 4.47. The average Bonchev–Trinajstić information content (AvgIpc) is 2.72. The van der Waals surface area contributed by atoms with Crippen LogP contribution in [0.4, 0.5) is 5.69 Å². The summed E-state index contributed by atoms with van der Waals surface area (Å²) in [5.74, 6) is 0.879. The smallest absolute Gasteiger partial charge is 0.119 e. The van der Waals surface area contributed by atoms with Gasteiger partial charge in [-0.3, -0.25) is 4.98 Å². The molecular weight excluding hydrogens is 332 g/mol. The predicted molar refractivity (Wildman–Crippen MR) is 111 cm³/mol. The second kappa shape index (κ2) is 7.92. The lowest BCUT2D eigenvalue weighted by Crippen LogP contribution is -2.02. The topological polar surface area (TPSA) is 34.2 Å². The van der Waals surface area contributed by atoms with E-state index in [2.05, 4.69) is 64.9 Å². The molecule has 4 rings (SSSR count). The second-order valence-corrected chi connectivity index (χ2v) is 6.56. The average molecular weight is 354 g/mol. The molecule has 1 aromatic heterocycles. The third-order valence-corrected chi connectivity index (χ3v) is 4.69. The first-order valence-corrected chi connectivity index (χ1v) is 9.13. The van der Waals surface area contributed by atoms with E-state index in [0.29, 0.717) is 6.61 Å². The quantitative estimate of drug-likeness (QED) is 0.480. The molecule has 27 heavy (non-hydrogen) atoms. The molecule has 0 atom stereocenters. The highest BCUT2D eigenvalue weighted by Gasteiger charge is 2.03. The lowest BCUT2D eigenvalue weighted by atomic mass is 10.1. The minimum atomic E-state index is 0.563. The highest BCUT2D eigenvalue weighted by atomic mass is 16.5. The summed E-state index contributed by atoms with van der Waals surface area (Å²) in [4.78, 5) is 4.30. The van der Waals surface area contributed by atoms with E-state index in [1.807, 2.05) is 37.4 Å². The first-order chi connectivity index (χ1) is 13.3. The van der Waals surface area contributed by atoms with E-state index in [1.54, 1.807) is 0 Å². The largest absolute Gasteiger partial charge is 0.489 e. The molecule has 0 aliphatic heterocycles. The van der Waals surface area contributed by atoms with Crippen molar-refractivity contribution in [1.29, 1.82) is 0 Å². The Bertz CT molecular complexity index is 1040. The molecule has 1 N–H and O–H groups in total. The first-order valence-electron chi connectivity index (χ1n) is 9.13. The van der Waals surface area contributed by atoms with Crippen molar-refractivity contribution in [1.82, 2.24) is 4.98 Å². The summed E-state index contributed by atoms with van der Waals surface area (Å²) in [6.07, 6.45) is 1.81. The number of nitrogens with one attached hydrogen (secondary N) is 1. The fourth-order valence-corrected chi connectivity index (χ4v) is 3.15. The van der Waals surface area contributed by atoms with Crippen LogP contribution in [0.25, 0.3) is 10.8 Å². The fraction of sp³-hybridized carbons (Fsp3) is 0.125. The second-order valence-electron chi connectivity index (χ2n) is 6.56. The van der Waals surface area contributed by atoms with E-state index in [1.165, 1.54) is 21.9 Å². The van der Waals surface area contributed by atoms with Crippen LogP contribution >= 0.6 is 0 Å². The van der Waals surface area contributed by atoms with E-state index < -0.39 is 0 Å². The Morgan fingerprint density at radius 1 is 0.852 bits per heavy atom. The van der Waals surface area contributed by atoms with Crippen LogP contribution in [0.5, 0.6) is 5.75 Å². The summed E-state index contributed by atoms with van der Waals surface area (Å²) in [5, 5.41) is 5.91. The Morgan fingerprint density at radius 3 is 2.52 bits per heavy atom. The van der Waals surface area contributed by atoms with Gasteiger partial charge >= 0.3 is 0 Å². The normalized spacial score (nSPS) is 10.7. The van der Waals surface area contributed by atoms with Crippen molar-refractivity contribution in [2.24, 2.45) is 0 Å². The summed E-state index contributed by atoms with van der Waals surface area (Å²) in [7, 11) is 0. The van der Waals surface area contributed by atoms with Crippen LogP contribution in [-0.4, -0.2) is 4.98 Å². The number of aryl methyl sites for hydroxylation is 1. The van der Waals surface area contributed by atoms with Crippen LogP contribution in [0.2, 0.25) is 0 Å². The molecule has 0 fully saturated rings. The number of benzene rings is 3. The molecule has 0 amide bonds. The highest BCUT2D eigenvalue weighted by Crippen LogP contribution is 2.21. The van der Waals surface area contributed by atoms with Gasteiger partial charge in [0.2, 0.25) is 0 Å². The van der Waals surface area contributed by atoms with E-state index in [0.717, 1.165) is 23.7 Å². The number of pyridine rings is 1. The zero-order valence-corrected chi connectivity index (χ0v) is 15.4. The van der Waals surface area contributed by atoms with E-state index in [9.17, 15) is 0 Å². The minimum absolute atomic E-state index is 0.563. The van der Waals surface area contributed by atoms with Crippen LogP contribution in [0, 0.1) is 6.92 Å². The van der Waals surface area contributed by atoms with Gasteiger partial charge in [-0.1, -0.05) is 54.6 Å². The van der Waals surface area contributed by atoms with Gasteiger partial charge in [0.25, 0.3) is 0 Å².